The van der Waals surface area contributed by atoms with Gasteiger partial charge in [0.15, 0.2) is 9.84 Å². The van der Waals surface area contributed by atoms with Crippen LogP contribution in [0.3, 0.4) is 0 Å². The number of benzene rings is 2. The molecule has 2 aromatic carbocycles. The monoisotopic (exact) mass is 551 g/mol. The van der Waals surface area contributed by atoms with E-state index in [4.69, 9.17) is 5.73 Å². The molecule has 1 aliphatic heterocycles. The standard InChI is InChI=1S/C27H32F3N3O4S/c28-27(29,30)20-8-6-7-18(15-20)25(34)32-23-11-4-5-14-33(26(23)35)24-13-12-21(31)16-19(24)17-38(36,37)22-9-2-1-3-10-22/h1-3,6-10,15,19,21,23-24H,4-5,11-14,16-17,31H2,(H,32,34)/t19-,21+,23-,24?/m0/s1. The van der Waals surface area contributed by atoms with Crippen molar-refractivity contribution in [1.82, 2.24) is 10.2 Å². The predicted octanol–water partition coefficient (Wildman–Crippen LogP) is 3.79. The van der Waals surface area contributed by atoms with Crippen LogP contribution in [0.4, 0.5) is 13.2 Å². The van der Waals surface area contributed by atoms with Crippen molar-refractivity contribution in [3.05, 3.63) is 65.7 Å². The van der Waals surface area contributed by atoms with Gasteiger partial charge in [0, 0.05) is 24.2 Å². The van der Waals surface area contributed by atoms with Gasteiger partial charge in [0.2, 0.25) is 5.91 Å². The van der Waals surface area contributed by atoms with E-state index in [1.54, 1.807) is 35.2 Å². The van der Waals surface area contributed by atoms with E-state index in [1.807, 2.05) is 0 Å². The molecule has 2 aromatic rings. The van der Waals surface area contributed by atoms with E-state index >= 15 is 0 Å². The molecule has 3 N–H and O–H groups in total. The van der Waals surface area contributed by atoms with E-state index in [0.717, 1.165) is 18.2 Å². The van der Waals surface area contributed by atoms with Crippen LogP contribution in [-0.4, -0.2) is 55.6 Å². The lowest BCUT2D eigenvalue weighted by Crippen LogP contribution is -2.55. The highest BCUT2D eigenvalue weighted by molar-refractivity contribution is 7.91. The lowest BCUT2D eigenvalue weighted by Gasteiger charge is -2.42. The fourth-order valence-corrected chi connectivity index (χ4v) is 7.17. The zero-order valence-electron chi connectivity index (χ0n) is 20.9. The molecule has 1 saturated heterocycles. The molecule has 206 valence electrons. The molecule has 0 aromatic heterocycles. The molecule has 2 amide bonds. The zero-order chi connectivity index (χ0) is 27.5. The molecule has 7 nitrogen and oxygen atoms in total. The van der Waals surface area contributed by atoms with Gasteiger partial charge in [-0.2, -0.15) is 13.2 Å². The molecule has 11 heteroatoms. The summed E-state index contributed by atoms with van der Waals surface area (Å²) in [5.41, 5.74) is 5.08. The fraction of sp³-hybridized carbons (Fsp3) is 0.481. The minimum Gasteiger partial charge on any atom is -0.340 e. The van der Waals surface area contributed by atoms with Crippen molar-refractivity contribution in [2.75, 3.05) is 12.3 Å². The maximum atomic E-state index is 13.7. The van der Waals surface area contributed by atoms with Crippen LogP contribution in [0.2, 0.25) is 0 Å². The number of nitrogens with zero attached hydrogens (tertiary/aromatic N) is 1. The summed E-state index contributed by atoms with van der Waals surface area (Å²) >= 11 is 0. The second kappa shape index (κ2) is 11.4. The number of carbonyl (C=O) groups is 2. The highest BCUT2D eigenvalue weighted by Crippen LogP contribution is 2.33. The van der Waals surface area contributed by atoms with Gasteiger partial charge in [-0.3, -0.25) is 9.59 Å². The second-order valence-corrected chi connectivity index (χ2v) is 12.2. The number of amides is 2. The molecule has 1 saturated carbocycles. The Kier molecular flexibility index (Phi) is 8.46. The van der Waals surface area contributed by atoms with Gasteiger partial charge in [-0.25, -0.2) is 8.42 Å². The van der Waals surface area contributed by atoms with Crippen LogP contribution in [0.25, 0.3) is 0 Å². The third kappa shape index (κ3) is 6.55. The molecule has 1 unspecified atom stereocenters. The molecule has 0 radical (unpaired) electrons. The number of nitrogens with one attached hydrogen (secondary N) is 1. The Morgan fingerprint density at radius 1 is 1.03 bits per heavy atom. The third-order valence-corrected chi connectivity index (χ3v) is 9.26. The van der Waals surface area contributed by atoms with Crippen LogP contribution in [0.5, 0.6) is 0 Å². The normalized spacial score (nSPS) is 25.1. The van der Waals surface area contributed by atoms with Crippen LogP contribution in [0.1, 0.15) is 54.4 Å². The summed E-state index contributed by atoms with van der Waals surface area (Å²) in [4.78, 5) is 28.4. The lowest BCUT2D eigenvalue weighted by molar-refractivity contribution is -0.138. The van der Waals surface area contributed by atoms with Crippen molar-refractivity contribution in [3.63, 3.8) is 0 Å². The maximum Gasteiger partial charge on any atom is 0.416 e. The minimum absolute atomic E-state index is 0.152. The predicted molar refractivity (Wildman–Crippen MR) is 136 cm³/mol. The molecule has 38 heavy (non-hydrogen) atoms. The van der Waals surface area contributed by atoms with E-state index in [1.165, 1.54) is 6.07 Å². The number of hydrogen-bond acceptors (Lipinski definition) is 5. The Bertz CT molecular complexity index is 1250. The average Bonchev–Trinajstić information content (AvgIpc) is 3.05. The molecular weight excluding hydrogens is 519 g/mol. The maximum absolute atomic E-state index is 13.7. The van der Waals surface area contributed by atoms with Crippen LogP contribution >= 0.6 is 0 Å². The van der Waals surface area contributed by atoms with Crippen molar-refractivity contribution in [1.29, 1.82) is 0 Å². The molecule has 2 aliphatic rings. The molecule has 2 fully saturated rings. The van der Waals surface area contributed by atoms with Gasteiger partial charge in [-0.05, 0) is 74.8 Å². The second-order valence-electron chi connectivity index (χ2n) is 10.1. The highest BCUT2D eigenvalue weighted by atomic mass is 32.2. The van der Waals surface area contributed by atoms with Crippen molar-refractivity contribution in [2.24, 2.45) is 11.7 Å². The molecule has 4 rings (SSSR count). The van der Waals surface area contributed by atoms with Gasteiger partial charge in [0.25, 0.3) is 5.91 Å². The Morgan fingerprint density at radius 2 is 1.76 bits per heavy atom. The number of nitrogens with two attached hydrogens (primary N) is 1. The number of hydrogen-bond donors (Lipinski definition) is 2. The summed E-state index contributed by atoms with van der Waals surface area (Å²) in [6, 6.07) is 10.8. The van der Waals surface area contributed by atoms with Crippen LogP contribution in [0.15, 0.2) is 59.5 Å². The summed E-state index contributed by atoms with van der Waals surface area (Å²) in [7, 11) is -3.62. The number of halogens is 3. The Labute approximate surface area is 220 Å². The third-order valence-electron chi connectivity index (χ3n) is 7.40. The molecule has 0 bridgehead atoms. The van der Waals surface area contributed by atoms with Crippen molar-refractivity contribution in [3.8, 4) is 0 Å². The number of carbonyl (C=O) groups excluding carboxylic acids is 2. The van der Waals surface area contributed by atoms with E-state index in [0.29, 0.717) is 45.1 Å². The van der Waals surface area contributed by atoms with Crippen LogP contribution in [-0.2, 0) is 20.8 Å². The molecule has 1 heterocycles. The van der Waals surface area contributed by atoms with Crippen molar-refractivity contribution < 1.29 is 31.2 Å². The minimum atomic E-state index is -4.60. The SMILES string of the molecule is N[C@@H]1CCC(N2CCCC[C@H](NC(=O)c3cccc(C(F)(F)F)c3)C2=O)[C@H](CS(=O)(=O)c2ccccc2)C1. The van der Waals surface area contributed by atoms with Gasteiger partial charge in [0.05, 0.1) is 16.2 Å². The lowest BCUT2D eigenvalue weighted by atomic mass is 9.82. The van der Waals surface area contributed by atoms with Crippen molar-refractivity contribution >= 4 is 21.7 Å². The van der Waals surface area contributed by atoms with Gasteiger partial charge >= 0.3 is 6.18 Å². The van der Waals surface area contributed by atoms with Gasteiger partial charge in [-0.15, -0.1) is 0 Å². The smallest absolute Gasteiger partial charge is 0.340 e. The Balaban J connectivity index is 1.53. The topological polar surface area (TPSA) is 110 Å². The summed E-state index contributed by atoms with van der Waals surface area (Å²) in [5.74, 6) is -1.64. The Hall–Kier alpha value is -2.92. The summed E-state index contributed by atoms with van der Waals surface area (Å²) < 4.78 is 65.7. The van der Waals surface area contributed by atoms with Crippen molar-refractivity contribution in [2.45, 2.75) is 67.7 Å². The summed E-state index contributed by atoms with van der Waals surface area (Å²) in [6.45, 7) is 0.413. The van der Waals surface area contributed by atoms with E-state index in [2.05, 4.69) is 5.32 Å². The number of alkyl halides is 3. The van der Waals surface area contributed by atoms with Gasteiger partial charge in [-0.1, -0.05) is 24.3 Å². The summed E-state index contributed by atoms with van der Waals surface area (Å²) in [6.07, 6.45) is -1.33. The quantitative estimate of drug-likeness (QED) is 0.568. The van der Waals surface area contributed by atoms with Crippen LogP contribution in [0, 0.1) is 5.92 Å². The van der Waals surface area contributed by atoms with Gasteiger partial charge in [0.1, 0.15) is 6.04 Å². The highest BCUT2D eigenvalue weighted by Gasteiger charge is 2.41. The first kappa shape index (κ1) is 28.1. The molecular formula is C27H32F3N3O4S. The Morgan fingerprint density at radius 3 is 2.47 bits per heavy atom. The number of sulfone groups is 1. The fourth-order valence-electron chi connectivity index (χ4n) is 5.49. The van der Waals surface area contributed by atoms with E-state index in [-0.39, 0.29) is 40.1 Å². The van der Waals surface area contributed by atoms with Gasteiger partial charge < -0.3 is 16.0 Å². The number of likely N-dealkylation sites (tertiary alicyclic amines) is 1. The molecule has 4 atom stereocenters. The van der Waals surface area contributed by atoms with E-state index in [9.17, 15) is 31.2 Å². The van der Waals surface area contributed by atoms with Crippen LogP contribution < -0.4 is 11.1 Å². The largest absolute Gasteiger partial charge is 0.416 e. The van der Waals surface area contributed by atoms with E-state index < -0.39 is 33.5 Å². The molecule has 0 spiro atoms. The first-order valence-electron chi connectivity index (χ1n) is 12.8. The first-order valence-corrected chi connectivity index (χ1v) is 14.4. The zero-order valence-corrected chi connectivity index (χ0v) is 21.7. The summed E-state index contributed by atoms with van der Waals surface area (Å²) in [5, 5.41) is 2.63. The first-order chi connectivity index (χ1) is 18.0. The molecule has 1 aliphatic carbocycles. The average molecular weight is 552 g/mol. The number of rotatable bonds is 6.